The predicted molar refractivity (Wildman–Crippen MR) is 112 cm³/mol. The number of nitrogens with one attached hydrogen (secondary N) is 1. The maximum Gasteiger partial charge on any atom is 0.221 e. The van der Waals surface area contributed by atoms with Crippen LogP contribution in [0.15, 0.2) is 5.03 Å². The number of ketones is 1. The Morgan fingerprint density at radius 3 is 2.70 bits per heavy atom. The van der Waals surface area contributed by atoms with E-state index in [0.29, 0.717) is 18.6 Å². The highest BCUT2D eigenvalue weighted by molar-refractivity contribution is 7.99. The van der Waals surface area contributed by atoms with Crippen LogP contribution in [0.2, 0.25) is 0 Å². The first-order chi connectivity index (χ1) is 12.7. The van der Waals surface area contributed by atoms with Crippen molar-refractivity contribution in [3.8, 4) is 0 Å². The Hall–Kier alpha value is -1.47. The van der Waals surface area contributed by atoms with Gasteiger partial charge in [0.05, 0.1) is 0 Å². The molecule has 3 rings (SSSR count). The summed E-state index contributed by atoms with van der Waals surface area (Å²) in [5.41, 5.74) is 0.925. The summed E-state index contributed by atoms with van der Waals surface area (Å²) < 4.78 is 0. The number of carbonyl (C=O) groups is 2. The van der Waals surface area contributed by atoms with Gasteiger partial charge in [-0.05, 0) is 58.9 Å². The number of nitrogens with zero attached hydrogens (tertiary/aromatic N) is 2. The summed E-state index contributed by atoms with van der Waals surface area (Å²) in [5, 5.41) is 5.18. The standard InChI is InChI=1S/C20H27N3O2S2/c1-12(24)11-20(3,4)23-16(25)9-10-26-18-17-14-7-5-6-8-15(14)27-19(17)22-13(2)21-18/h5-11H2,1-4H3,(H,23,25). The largest absolute Gasteiger partial charge is 0.351 e. The molecule has 7 heteroatoms. The van der Waals surface area contributed by atoms with Crippen LogP contribution in [-0.2, 0) is 22.4 Å². The number of thiophene rings is 1. The van der Waals surface area contributed by atoms with Gasteiger partial charge in [-0.25, -0.2) is 9.97 Å². The first-order valence-electron chi connectivity index (χ1n) is 9.47. The summed E-state index contributed by atoms with van der Waals surface area (Å²) in [6, 6.07) is 0. The number of thioether (sulfide) groups is 1. The lowest BCUT2D eigenvalue weighted by molar-refractivity contribution is -0.123. The van der Waals surface area contributed by atoms with Crippen LogP contribution in [0.4, 0.5) is 0 Å². The van der Waals surface area contributed by atoms with E-state index < -0.39 is 5.54 Å². The van der Waals surface area contributed by atoms with Gasteiger partial charge >= 0.3 is 0 Å². The molecule has 2 heterocycles. The Morgan fingerprint density at radius 1 is 1.22 bits per heavy atom. The molecule has 0 saturated carbocycles. The third kappa shape index (κ3) is 5.08. The molecule has 1 aliphatic carbocycles. The van der Waals surface area contributed by atoms with Crippen molar-refractivity contribution in [3.63, 3.8) is 0 Å². The topological polar surface area (TPSA) is 72.0 Å². The summed E-state index contributed by atoms with van der Waals surface area (Å²) in [5.74, 6) is 1.51. The number of Topliss-reactive ketones (excluding diaryl/α,β-unsaturated/α-hetero) is 1. The van der Waals surface area contributed by atoms with Gasteiger partial charge in [0.2, 0.25) is 5.91 Å². The Labute approximate surface area is 168 Å². The van der Waals surface area contributed by atoms with E-state index in [0.717, 1.165) is 28.5 Å². The fourth-order valence-corrected chi connectivity index (χ4v) is 6.09. The van der Waals surface area contributed by atoms with Gasteiger partial charge in [0.15, 0.2) is 0 Å². The van der Waals surface area contributed by atoms with Crippen molar-refractivity contribution in [1.29, 1.82) is 0 Å². The third-order valence-corrected chi connectivity index (χ3v) is 6.79. The van der Waals surface area contributed by atoms with Crippen LogP contribution >= 0.6 is 23.1 Å². The second-order valence-corrected chi connectivity index (χ2v) is 10.0. The van der Waals surface area contributed by atoms with E-state index in [1.165, 1.54) is 28.7 Å². The van der Waals surface area contributed by atoms with Crippen LogP contribution in [0.5, 0.6) is 0 Å². The average molecular weight is 406 g/mol. The van der Waals surface area contributed by atoms with Gasteiger partial charge in [0, 0.05) is 34.4 Å². The molecule has 1 N–H and O–H groups in total. The molecule has 27 heavy (non-hydrogen) atoms. The van der Waals surface area contributed by atoms with Crippen molar-refractivity contribution in [1.82, 2.24) is 15.3 Å². The van der Waals surface area contributed by atoms with E-state index in [4.69, 9.17) is 0 Å². The molecule has 1 aliphatic rings. The van der Waals surface area contributed by atoms with Gasteiger partial charge in [0.25, 0.3) is 0 Å². The second-order valence-electron chi connectivity index (χ2n) is 7.88. The van der Waals surface area contributed by atoms with Crippen molar-refractivity contribution >= 4 is 45.0 Å². The molecule has 0 fully saturated rings. The SMILES string of the molecule is CC(=O)CC(C)(C)NC(=O)CCSc1nc(C)nc2sc3c(c12)CCCC3. The first-order valence-corrected chi connectivity index (χ1v) is 11.3. The number of carbonyl (C=O) groups excluding carboxylic acids is 2. The van der Waals surface area contributed by atoms with Gasteiger partial charge in [-0.3, -0.25) is 9.59 Å². The molecule has 0 radical (unpaired) electrons. The van der Waals surface area contributed by atoms with Crippen molar-refractivity contribution in [2.75, 3.05) is 5.75 Å². The zero-order valence-electron chi connectivity index (χ0n) is 16.5. The minimum atomic E-state index is -0.501. The highest BCUT2D eigenvalue weighted by Gasteiger charge is 2.23. The fraction of sp³-hybridized carbons (Fsp3) is 0.600. The van der Waals surface area contributed by atoms with Gasteiger partial charge in [-0.2, -0.15) is 0 Å². The molecule has 0 spiro atoms. The van der Waals surface area contributed by atoms with Crippen LogP contribution < -0.4 is 5.32 Å². The lowest BCUT2D eigenvalue weighted by atomic mass is 9.97. The van der Waals surface area contributed by atoms with E-state index >= 15 is 0 Å². The molecule has 0 aromatic carbocycles. The minimum Gasteiger partial charge on any atom is -0.351 e. The zero-order valence-corrected chi connectivity index (χ0v) is 18.1. The van der Waals surface area contributed by atoms with Gasteiger partial charge in [-0.1, -0.05) is 0 Å². The predicted octanol–water partition coefficient (Wildman–Crippen LogP) is 4.23. The molecular weight excluding hydrogens is 378 g/mol. The lowest BCUT2D eigenvalue weighted by Gasteiger charge is -2.25. The Bertz CT molecular complexity index is 874. The lowest BCUT2D eigenvalue weighted by Crippen LogP contribution is -2.44. The van der Waals surface area contributed by atoms with Crippen LogP contribution in [-0.4, -0.2) is 33.0 Å². The highest BCUT2D eigenvalue weighted by atomic mass is 32.2. The van der Waals surface area contributed by atoms with Crippen LogP contribution in [0, 0.1) is 6.92 Å². The molecule has 0 atom stereocenters. The smallest absolute Gasteiger partial charge is 0.221 e. The van der Waals surface area contributed by atoms with Crippen molar-refractivity contribution < 1.29 is 9.59 Å². The van der Waals surface area contributed by atoms with E-state index in [2.05, 4.69) is 15.3 Å². The molecule has 5 nitrogen and oxygen atoms in total. The zero-order chi connectivity index (χ0) is 19.6. The maximum absolute atomic E-state index is 12.3. The monoisotopic (exact) mass is 405 g/mol. The van der Waals surface area contributed by atoms with Crippen molar-refractivity contribution in [2.24, 2.45) is 0 Å². The van der Waals surface area contributed by atoms with E-state index in [9.17, 15) is 9.59 Å². The third-order valence-electron chi connectivity index (χ3n) is 4.63. The number of aromatic nitrogens is 2. The quantitative estimate of drug-likeness (QED) is 0.551. The number of hydrogen-bond acceptors (Lipinski definition) is 6. The Morgan fingerprint density at radius 2 is 1.96 bits per heavy atom. The molecule has 2 aromatic rings. The molecule has 2 aromatic heterocycles. The molecular formula is C20H27N3O2S2. The number of hydrogen-bond donors (Lipinski definition) is 1. The molecule has 1 amide bonds. The number of fused-ring (bicyclic) bond motifs is 3. The van der Waals surface area contributed by atoms with E-state index in [-0.39, 0.29) is 11.7 Å². The van der Waals surface area contributed by atoms with Crippen LogP contribution in [0.3, 0.4) is 0 Å². The summed E-state index contributed by atoms with van der Waals surface area (Å²) in [6.07, 6.45) is 5.49. The fourth-order valence-electron chi connectivity index (χ4n) is 3.68. The van der Waals surface area contributed by atoms with E-state index in [1.807, 2.05) is 20.8 Å². The Balaban J connectivity index is 1.68. The Kier molecular flexibility index (Phi) is 6.21. The number of amides is 1. The molecule has 0 saturated heterocycles. The molecule has 0 bridgehead atoms. The number of aryl methyl sites for hydroxylation is 3. The van der Waals surface area contributed by atoms with Crippen LogP contribution in [0.1, 0.15) is 62.7 Å². The maximum atomic E-state index is 12.3. The van der Waals surface area contributed by atoms with E-state index in [1.54, 1.807) is 30.0 Å². The molecule has 0 aliphatic heterocycles. The molecule has 0 unspecified atom stereocenters. The van der Waals surface area contributed by atoms with Crippen LogP contribution in [0.25, 0.3) is 10.2 Å². The molecule has 146 valence electrons. The second kappa shape index (κ2) is 8.27. The summed E-state index contributed by atoms with van der Waals surface area (Å²) >= 11 is 3.44. The highest BCUT2D eigenvalue weighted by Crippen LogP contribution is 2.39. The normalized spacial score (nSPS) is 14.2. The van der Waals surface area contributed by atoms with Gasteiger partial charge in [0.1, 0.15) is 21.5 Å². The summed E-state index contributed by atoms with van der Waals surface area (Å²) in [4.78, 5) is 35.5. The minimum absolute atomic E-state index is 0.0249. The van der Waals surface area contributed by atoms with Gasteiger partial charge < -0.3 is 5.32 Å². The summed E-state index contributed by atoms with van der Waals surface area (Å²) in [7, 11) is 0. The summed E-state index contributed by atoms with van der Waals surface area (Å²) in [6.45, 7) is 7.25. The number of rotatable bonds is 7. The average Bonchev–Trinajstić information content (AvgIpc) is 2.90. The first kappa shape index (κ1) is 20.3. The van der Waals surface area contributed by atoms with Gasteiger partial charge in [-0.15, -0.1) is 23.1 Å². The van der Waals surface area contributed by atoms with Crippen molar-refractivity contribution in [2.45, 2.75) is 76.8 Å². The van der Waals surface area contributed by atoms with Crippen molar-refractivity contribution in [3.05, 3.63) is 16.3 Å².